The van der Waals surface area contributed by atoms with Crippen LogP contribution in [0.2, 0.25) is 0 Å². The fraction of sp³-hybridized carbons (Fsp3) is 0.421. The van der Waals surface area contributed by atoms with Crippen LogP contribution in [0.1, 0.15) is 29.8 Å². The highest BCUT2D eigenvalue weighted by atomic mass is 16.4. The van der Waals surface area contributed by atoms with E-state index < -0.39 is 5.97 Å². The molecule has 1 aromatic carbocycles. The number of aryl methyl sites for hydroxylation is 2. The van der Waals surface area contributed by atoms with E-state index in [-0.39, 0.29) is 5.92 Å². The molecular weight excluding hydrogens is 316 g/mol. The van der Waals surface area contributed by atoms with E-state index in [1.165, 1.54) is 11.1 Å². The van der Waals surface area contributed by atoms with Gasteiger partial charge in [-0.2, -0.15) is 0 Å². The molecule has 3 rings (SSSR count). The summed E-state index contributed by atoms with van der Waals surface area (Å²) in [6.07, 6.45) is 1.31. The summed E-state index contributed by atoms with van der Waals surface area (Å²) in [6.45, 7) is 6.09. The lowest BCUT2D eigenvalue weighted by atomic mass is 9.97. The van der Waals surface area contributed by atoms with Gasteiger partial charge in [0, 0.05) is 25.7 Å². The Morgan fingerprint density at radius 1 is 1.20 bits per heavy atom. The van der Waals surface area contributed by atoms with Crippen LogP contribution in [0.3, 0.4) is 0 Å². The molecular formula is C19H24N4O2. The van der Waals surface area contributed by atoms with Gasteiger partial charge in [-0.25, -0.2) is 9.97 Å². The van der Waals surface area contributed by atoms with Gasteiger partial charge in [-0.15, -0.1) is 0 Å². The highest BCUT2D eigenvalue weighted by Gasteiger charge is 2.25. The lowest BCUT2D eigenvalue weighted by Crippen LogP contribution is -2.36. The summed E-state index contributed by atoms with van der Waals surface area (Å²) in [5.41, 5.74) is 2.44. The smallest absolute Gasteiger partial charge is 0.306 e. The Hall–Kier alpha value is -2.63. The maximum Gasteiger partial charge on any atom is 0.306 e. The minimum absolute atomic E-state index is 0.238. The molecule has 0 atom stereocenters. The van der Waals surface area contributed by atoms with Crippen LogP contribution in [0.5, 0.6) is 0 Å². The molecule has 0 unspecified atom stereocenters. The van der Waals surface area contributed by atoms with Crippen LogP contribution in [0, 0.1) is 19.8 Å². The third-order valence-electron chi connectivity index (χ3n) is 4.59. The van der Waals surface area contributed by atoms with E-state index >= 15 is 0 Å². The van der Waals surface area contributed by atoms with Gasteiger partial charge in [-0.3, -0.25) is 4.79 Å². The second-order valence-electron chi connectivity index (χ2n) is 6.60. The molecule has 1 fully saturated rings. The molecule has 6 nitrogen and oxygen atoms in total. The Morgan fingerprint density at radius 3 is 2.52 bits per heavy atom. The van der Waals surface area contributed by atoms with Crippen molar-refractivity contribution in [2.45, 2.75) is 33.2 Å². The van der Waals surface area contributed by atoms with Crippen molar-refractivity contribution in [3.63, 3.8) is 0 Å². The minimum atomic E-state index is -0.695. The average Bonchev–Trinajstić information content (AvgIpc) is 2.61. The maximum absolute atomic E-state index is 11.1. The minimum Gasteiger partial charge on any atom is -0.481 e. The zero-order valence-electron chi connectivity index (χ0n) is 14.7. The van der Waals surface area contributed by atoms with Crippen LogP contribution < -0.4 is 10.2 Å². The number of carboxylic acid groups (broad SMARTS) is 1. The van der Waals surface area contributed by atoms with Gasteiger partial charge in [0.15, 0.2) is 0 Å². The number of hydrogen-bond acceptors (Lipinski definition) is 5. The van der Waals surface area contributed by atoms with Crippen LogP contribution >= 0.6 is 0 Å². The second kappa shape index (κ2) is 7.51. The number of piperidine rings is 1. The normalized spacial score (nSPS) is 15.2. The molecule has 0 amide bonds. The Kier molecular flexibility index (Phi) is 5.16. The molecule has 1 aliphatic rings. The van der Waals surface area contributed by atoms with Gasteiger partial charge >= 0.3 is 5.97 Å². The first kappa shape index (κ1) is 17.2. The molecule has 132 valence electrons. The lowest BCUT2D eigenvalue weighted by molar-refractivity contribution is -0.142. The third kappa shape index (κ3) is 4.47. The van der Waals surface area contributed by atoms with Crippen LogP contribution in [-0.4, -0.2) is 34.1 Å². The summed E-state index contributed by atoms with van der Waals surface area (Å²) in [5.74, 6) is 1.44. The van der Waals surface area contributed by atoms with Crippen molar-refractivity contribution in [3.05, 3.63) is 47.3 Å². The van der Waals surface area contributed by atoms with Gasteiger partial charge < -0.3 is 15.3 Å². The van der Waals surface area contributed by atoms with E-state index in [4.69, 9.17) is 5.11 Å². The third-order valence-corrected chi connectivity index (χ3v) is 4.59. The topological polar surface area (TPSA) is 78.4 Å². The van der Waals surface area contributed by atoms with E-state index in [9.17, 15) is 4.79 Å². The largest absolute Gasteiger partial charge is 0.481 e. The number of aliphatic carboxylic acids is 1. The summed E-state index contributed by atoms with van der Waals surface area (Å²) < 4.78 is 0. The van der Waals surface area contributed by atoms with Gasteiger partial charge in [0.25, 0.3) is 0 Å². The molecule has 0 saturated carbocycles. The van der Waals surface area contributed by atoms with Crippen molar-refractivity contribution in [2.75, 3.05) is 23.3 Å². The van der Waals surface area contributed by atoms with Crippen LogP contribution in [0.25, 0.3) is 0 Å². The number of carbonyl (C=O) groups is 1. The number of benzene rings is 1. The molecule has 0 radical (unpaired) electrons. The highest BCUT2D eigenvalue weighted by Crippen LogP contribution is 2.24. The van der Waals surface area contributed by atoms with E-state index in [2.05, 4.69) is 51.4 Å². The molecule has 0 aliphatic carbocycles. The van der Waals surface area contributed by atoms with Gasteiger partial charge in [0.2, 0.25) is 0 Å². The predicted molar refractivity (Wildman–Crippen MR) is 97.8 cm³/mol. The van der Waals surface area contributed by atoms with Crippen molar-refractivity contribution in [2.24, 2.45) is 5.92 Å². The summed E-state index contributed by atoms with van der Waals surface area (Å²) in [4.78, 5) is 22.2. The molecule has 2 aromatic rings. The van der Waals surface area contributed by atoms with E-state index in [1.54, 1.807) is 0 Å². The fourth-order valence-electron chi connectivity index (χ4n) is 3.06. The summed E-state index contributed by atoms with van der Waals surface area (Å²) in [5, 5.41) is 12.5. The lowest BCUT2D eigenvalue weighted by Gasteiger charge is -2.31. The molecule has 25 heavy (non-hydrogen) atoms. The van der Waals surface area contributed by atoms with Gasteiger partial charge in [-0.1, -0.05) is 29.8 Å². The molecule has 2 heterocycles. The fourth-order valence-corrected chi connectivity index (χ4v) is 3.06. The van der Waals surface area contributed by atoms with E-state index in [0.717, 1.165) is 11.6 Å². The Bertz CT molecular complexity index is 738. The standard InChI is InChI=1S/C19H24N4O2/c1-13-3-5-15(6-4-13)12-20-17-11-18(22-14(2)21-17)23-9-7-16(8-10-23)19(24)25/h3-6,11,16H,7-10,12H2,1-2H3,(H,24,25)(H,20,21,22). The SMILES string of the molecule is Cc1ccc(CNc2cc(N3CCC(C(=O)O)CC3)nc(C)n2)cc1. The maximum atomic E-state index is 11.1. The molecule has 0 bridgehead atoms. The van der Waals surface area contributed by atoms with Crippen molar-refractivity contribution >= 4 is 17.6 Å². The molecule has 1 aromatic heterocycles. The zero-order valence-corrected chi connectivity index (χ0v) is 14.7. The Balaban J connectivity index is 1.66. The number of carboxylic acids is 1. The number of rotatable bonds is 5. The first-order chi connectivity index (χ1) is 12.0. The van der Waals surface area contributed by atoms with Crippen molar-refractivity contribution in [1.29, 1.82) is 0 Å². The highest BCUT2D eigenvalue weighted by molar-refractivity contribution is 5.70. The van der Waals surface area contributed by atoms with Crippen LogP contribution in [0.15, 0.2) is 30.3 Å². The molecule has 2 N–H and O–H groups in total. The van der Waals surface area contributed by atoms with Crippen molar-refractivity contribution in [1.82, 2.24) is 9.97 Å². The van der Waals surface area contributed by atoms with Crippen LogP contribution in [0.4, 0.5) is 11.6 Å². The monoisotopic (exact) mass is 340 g/mol. The number of aromatic nitrogens is 2. The molecule has 1 aliphatic heterocycles. The van der Waals surface area contributed by atoms with Crippen LogP contribution in [-0.2, 0) is 11.3 Å². The zero-order chi connectivity index (χ0) is 17.8. The number of nitrogens with zero attached hydrogens (tertiary/aromatic N) is 3. The van der Waals surface area contributed by atoms with Gasteiger partial charge in [-0.05, 0) is 32.3 Å². The van der Waals surface area contributed by atoms with Crippen molar-refractivity contribution < 1.29 is 9.90 Å². The first-order valence-corrected chi connectivity index (χ1v) is 8.64. The van der Waals surface area contributed by atoms with E-state index in [1.807, 2.05) is 13.0 Å². The van der Waals surface area contributed by atoms with Gasteiger partial charge in [0.1, 0.15) is 17.5 Å². The number of anilines is 2. The van der Waals surface area contributed by atoms with E-state index in [0.29, 0.717) is 38.3 Å². The molecule has 1 saturated heterocycles. The Morgan fingerprint density at radius 2 is 1.88 bits per heavy atom. The Labute approximate surface area is 147 Å². The predicted octanol–water partition coefficient (Wildman–Crippen LogP) is 3.01. The average molecular weight is 340 g/mol. The second-order valence-corrected chi connectivity index (χ2v) is 6.60. The quantitative estimate of drug-likeness (QED) is 0.871. The molecule has 6 heteroatoms. The summed E-state index contributed by atoms with van der Waals surface area (Å²) in [6, 6.07) is 10.4. The summed E-state index contributed by atoms with van der Waals surface area (Å²) >= 11 is 0. The number of nitrogens with one attached hydrogen (secondary N) is 1. The van der Waals surface area contributed by atoms with Crippen molar-refractivity contribution in [3.8, 4) is 0 Å². The first-order valence-electron chi connectivity index (χ1n) is 8.64. The molecule has 0 spiro atoms. The number of hydrogen-bond donors (Lipinski definition) is 2. The summed E-state index contributed by atoms with van der Waals surface area (Å²) in [7, 11) is 0. The van der Waals surface area contributed by atoms with Gasteiger partial charge in [0.05, 0.1) is 5.92 Å².